The molecule has 0 aliphatic rings. The Bertz CT molecular complexity index is 621. The number of nitrogens with zero attached hydrogens (tertiary/aromatic N) is 2. The molecule has 1 heterocycles. The van der Waals surface area contributed by atoms with Crippen LogP contribution in [-0.4, -0.2) is 24.2 Å². The lowest BCUT2D eigenvalue weighted by molar-refractivity contribution is 0.0955. The Hall–Kier alpha value is -2.69. The largest absolute Gasteiger partial charge is 0.497 e. The molecule has 5 nitrogen and oxygen atoms in total. The maximum absolute atomic E-state index is 11.8. The van der Waals surface area contributed by atoms with Gasteiger partial charge in [-0.3, -0.25) is 9.78 Å². The Labute approximate surface area is 117 Å². The number of hydrogen-bond donors (Lipinski definition) is 1. The number of benzene rings is 1. The topological polar surface area (TPSA) is 63.6 Å². The summed E-state index contributed by atoms with van der Waals surface area (Å²) in [5.74, 6) is 0.422. The van der Waals surface area contributed by atoms with Gasteiger partial charge >= 0.3 is 0 Å². The summed E-state index contributed by atoms with van der Waals surface area (Å²) < 4.78 is 5.03. The van der Waals surface area contributed by atoms with Crippen molar-refractivity contribution in [1.29, 1.82) is 0 Å². The fourth-order valence-corrected chi connectivity index (χ4v) is 1.60. The Morgan fingerprint density at radius 1 is 1.25 bits per heavy atom. The van der Waals surface area contributed by atoms with Gasteiger partial charge in [-0.25, -0.2) is 5.43 Å². The molecule has 0 radical (unpaired) electrons. The van der Waals surface area contributed by atoms with Gasteiger partial charge in [0.15, 0.2) is 0 Å². The van der Waals surface area contributed by atoms with Crippen molar-refractivity contribution in [2.75, 3.05) is 7.11 Å². The first-order valence-electron chi connectivity index (χ1n) is 6.10. The Kier molecular flexibility index (Phi) is 4.44. The van der Waals surface area contributed by atoms with Crippen LogP contribution in [-0.2, 0) is 0 Å². The molecule has 0 bridgehead atoms. The molecule has 1 N–H and O–H groups in total. The number of hydrazone groups is 1. The number of aromatic nitrogens is 1. The third kappa shape index (κ3) is 3.65. The highest BCUT2D eigenvalue weighted by atomic mass is 16.5. The second kappa shape index (κ2) is 6.47. The van der Waals surface area contributed by atoms with E-state index >= 15 is 0 Å². The first kappa shape index (κ1) is 13.7. The van der Waals surface area contributed by atoms with Crippen LogP contribution in [0.4, 0.5) is 0 Å². The molecule has 0 saturated heterocycles. The molecule has 1 aromatic carbocycles. The number of aryl methyl sites for hydroxylation is 1. The van der Waals surface area contributed by atoms with Gasteiger partial charge in [0.25, 0.3) is 5.91 Å². The summed E-state index contributed by atoms with van der Waals surface area (Å²) in [6, 6.07) is 12.4. The average molecular weight is 269 g/mol. The minimum Gasteiger partial charge on any atom is -0.497 e. The van der Waals surface area contributed by atoms with Gasteiger partial charge in [-0.15, -0.1) is 0 Å². The standard InChI is InChI=1S/C15H15N3O2/c1-11-4-3-5-13(17-11)10-16-18-15(19)12-6-8-14(20-2)9-7-12/h3-10H,1-2H3,(H,18,19)/b16-10+. The highest BCUT2D eigenvalue weighted by Crippen LogP contribution is 2.10. The molecule has 0 saturated carbocycles. The first-order valence-corrected chi connectivity index (χ1v) is 6.10. The van der Waals surface area contributed by atoms with Gasteiger partial charge in [0, 0.05) is 11.3 Å². The van der Waals surface area contributed by atoms with Gasteiger partial charge in [0.05, 0.1) is 19.0 Å². The lowest BCUT2D eigenvalue weighted by atomic mass is 10.2. The third-order valence-electron chi connectivity index (χ3n) is 2.62. The van der Waals surface area contributed by atoms with Crippen LogP contribution in [0.1, 0.15) is 21.7 Å². The van der Waals surface area contributed by atoms with Crippen LogP contribution < -0.4 is 10.2 Å². The maximum atomic E-state index is 11.8. The monoisotopic (exact) mass is 269 g/mol. The van der Waals surface area contributed by atoms with Crippen LogP contribution in [0.5, 0.6) is 5.75 Å². The van der Waals surface area contributed by atoms with Crippen LogP contribution in [0.3, 0.4) is 0 Å². The van der Waals surface area contributed by atoms with Crippen molar-refractivity contribution in [1.82, 2.24) is 10.4 Å². The molecule has 20 heavy (non-hydrogen) atoms. The van der Waals surface area contributed by atoms with Gasteiger partial charge in [0.2, 0.25) is 0 Å². The number of carbonyl (C=O) groups is 1. The molecule has 1 amide bonds. The van der Waals surface area contributed by atoms with Gasteiger partial charge in [-0.2, -0.15) is 5.10 Å². The molecule has 0 atom stereocenters. The molecule has 2 aromatic rings. The Morgan fingerprint density at radius 2 is 2.00 bits per heavy atom. The van der Waals surface area contributed by atoms with Crippen molar-refractivity contribution in [3.63, 3.8) is 0 Å². The number of amides is 1. The lowest BCUT2D eigenvalue weighted by Gasteiger charge is -2.02. The summed E-state index contributed by atoms with van der Waals surface area (Å²) in [7, 11) is 1.58. The second-order valence-corrected chi connectivity index (χ2v) is 4.13. The van der Waals surface area contributed by atoms with E-state index in [0.29, 0.717) is 17.0 Å². The van der Waals surface area contributed by atoms with E-state index in [2.05, 4.69) is 15.5 Å². The number of ether oxygens (including phenoxy) is 1. The highest BCUT2D eigenvalue weighted by Gasteiger charge is 2.03. The fraction of sp³-hybridized carbons (Fsp3) is 0.133. The number of nitrogens with one attached hydrogen (secondary N) is 1. The van der Waals surface area contributed by atoms with E-state index in [1.807, 2.05) is 25.1 Å². The predicted molar refractivity (Wildman–Crippen MR) is 77.0 cm³/mol. The maximum Gasteiger partial charge on any atom is 0.271 e. The van der Waals surface area contributed by atoms with Crippen LogP contribution in [0.15, 0.2) is 47.6 Å². The molecule has 0 fully saturated rings. The normalized spacial score (nSPS) is 10.5. The van der Waals surface area contributed by atoms with Crippen LogP contribution in [0, 0.1) is 6.92 Å². The minimum absolute atomic E-state index is 0.281. The van der Waals surface area contributed by atoms with Crippen molar-refractivity contribution in [3.8, 4) is 5.75 Å². The third-order valence-corrected chi connectivity index (χ3v) is 2.62. The molecule has 0 spiro atoms. The van der Waals surface area contributed by atoms with E-state index in [4.69, 9.17) is 4.74 Å². The van der Waals surface area contributed by atoms with E-state index in [0.717, 1.165) is 5.69 Å². The molecular weight excluding hydrogens is 254 g/mol. The fourth-order valence-electron chi connectivity index (χ4n) is 1.60. The first-order chi connectivity index (χ1) is 9.69. The predicted octanol–water partition coefficient (Wildman–Crippen LogP) is 2.16. The average Bonchev–Trinajstić information content (AvgIpc) is 2.47. The SMILES string of the molecule is COc1ccc(C(=O)N/N=C/c2cccc(C)n2)cc1. The Balaban J connectivity index is 1.97. The van der Waals surface area contributed by atoms with E-state index in [1.54, 1.807) is 31.4 Å². The number of rotatable bonds is 4. The zero-order valence-corrected chi connectivity index (χ0v) is 11.3. The smallest absolute Gasteiger partial charge is 0.271 e. The van der Waals surface area contributed by atoms with Crippen molar-refractivity contribution >= 4 is 12.1 Å². The number of pyridine rings is 1. The molecular formula is C15H15N3O2. The molecule has 2 rings (SSSR count). The van der Waals surface area contributed by atoms with Crippen molar-refractivity contribution in [3.05, 3.63) is 59.4 Å². The zero-order chi connectivity index (χ0) is 14.4. The summed E-state index contributed by atoms with van der Waals surface area (Å²) in [5.41, 5.74) is 4.56. The van der Waals surface area contributed by atoms with Crippen molar-refractivity contribution in [2.24, 2.45) is 5.10 Å². The molecule has 0 aliphatic carbocycles. The minimum atomic E-state index is -0.281. The van der Waals surface area contributed by atoms with E-state index < -0.39 is 0 Å². The number of carbonyl (C=O) groups excluding carboxylic acids is 1. The molecule has 5 heteroatoms. The molecule has 102 valence electrons. The van der Waals surface area contributed by atoms with Crippen molar-refractivity contribution < 1.29 is 9.53 Å². The summed E-state index contributed by atoms with van der Waals surface area (Å²) in [6.45, 7) is 1.90. The Morgan fingerprint density at radius 3 is 2.65 bits per heavy atom. The summed E-state index contributed by atoms with van der Waals surface area (Å²) in [5, 5.41) is 3.88. The van der Waals surface area contributed by atoms with Crippen molar-refractivity contribution in [2.45, 2.75) is 6.92 Å². The van der Waals surface area contributed by atoms with E-state index in [1.165, 1.54) is 6.21 Å². The molecule has 1 aromatic heterocycles. The number of methoxy groups -OCH3 is 1. The number of hydrogen-bond acceptors (Lipinski definition) is 4. The van der Waals surface area contributed by atoms with Crippen LogP contribution in [0.25, 0.3) is 0 Å². The quantitative estimate of drug-likeness (QED) is 0.683. The molecule has 0 unspecified atom stereocenters. The van der Waals surface area contributed by atoms with Gasteiger partial charge < -0.3 is 4.74 Å². The summed E-state index contributed by atoms with van der Waals surface area (Å²) in [4.78, 5) is 16.1. The van der Waals surface area contributed by atoms with E-state index in [9.17, 15) is 4.79 Å². The van der Waals surface area contributed by atoms with Gasteiger partial charge in [-0.1, -0.05) is 6.07 Å². The summed E-state index contributed by atoms with van der Waals surface area (Å²) >= 11 is 0. The van der Waals surface area contributed by atoms with Crippen LogP contribution >= 0.6 is 0 Å². The zero-order valence-electron chi connectivity index (χ0n) is 11.3. The summed E-state index contributed by atoms with van der Waals surface area (Å²) in [6.07, 6.45) is 1.51. The van der Waals surface area contributed by atoms with E-state index in [-0.39, 0.29) is 5.91 Å². The second-order valence-electron chi connectivity index (χ2n) is 4.13. The highest BCUT2D eigenvalue weighted by molar-refractivity contribution is 5.94. The lowest BCUT2D eigenvalue weighted by Crippen LogP contribution is -2.17. The van der Waals surface area contributed by atoms with Gasteiger partial charge in [0.1, 0.15) is 5.75 Å². The van der Waals surface area contributed by atoms with Gasteiger partial charge in [-0.05, 0) is 43.3 Å². The van der Waals surface area contributed by atoms with Crippen LogP contribution in [0.2, 0.25) is 0 Å². The molecule has 0 aliphatic heterocycles.